The zero-order valence-corrected chi connectivity index (χ0v) is 10.7. The molecule has 19 heavy (non-hydrogen) atoms. The molecule has 4 nitrogen and oxygen atoms in total. The lowest BCUT2D eigenvalue weighted by Gasteiger charge is -2.20. The number of alkyl halides is 2. The van der Waals surface area contributed by atoms with Crippen molar-refractivity contribution in [2.24, 2.45) is 5.73 Å². The van der Waals surface area contributed by atoms with Crippen LogP contribution in [0.4, 0.5) is 8.78 Å². The van der Waals surface area contributed by atoms with E-state index in [0.29, 0.717) is 0 Å². The van der Waals surface area contributed by atoms with Crippen molar-refractivity contribution in [2.75, 3.05) is 0 Å². The number of ether oxygens (including phenoxy) is 1. The molecule has 2 rings (SSSR count). The maximum Gasteiger partial charge on any atom is 0.387 e. The maximum absolute atomic E-state index is 12.1. The van der Waals surface area contributed by atoms with Crippen molar-refractivity contribution in [1.29, 1.82) is 0 Å². The van der Waals surface area contributed by atoms with E-state index in [1.165, 1.54) is 12.1 Å². The van der Waals surface area contributed by atoms with E-state index in [-0.39, 0.29) is 5.75 Å². The van der Waals surface area contributed by atoms with Gasteiger partial charge < -0.3 is 15.0 Å². The van der Waals surface area contributed by atoms with Gasteiger partial charge in [-0.25, -0.2) is 4.98 Å². The summed E-state index contributed by atoms with van der Waals surface area (Å²) in [7, 11) is 0. The second kappa shape index (κ2) is 4.97. The first kappa shape index (κ1) is 13.5. The minimum atomic E-state index is -2.82. The van der Waals surface area contributed by atoms with Crippen LogP contribution >= 0.6 is 0 Å². The van der Waals surface area contributed by atoms with Crippen LogP contribution in [-0.4, -0.2) is 16.2 Å². The zero-order valence-electron chi connectivity index (χ0n) is 10.7. The molecule has 0 amide bonds. The fourth-order valence-electron chi connectivity index (χ4n) is 1.77. The van der Waals surface area contributed by atoms with Gasteiger partial charge >= 0.3 is 6.61 Å². The highest BCUT2D eigenvalue weighted by Gasteiger charge is 2.19. The standard InChI is InChI=1S/C13H15F2N3O/c1-13(2,16)11-7-17-8-18(11)9-3-5-10(6-4-9)19-12(14)15/h3-8,12H,16H2,1-2H3. The minimum absolute atomic E-state index is 0.118. The zero-order chi connectivity index (χ0) is 14.0. The molecule has 0 unspecified atom stereocenters. The first-order chi connectivity index (χ1) is 8.88. The Morgan fingerprint density at radius 1 is 1.26 bits per heavy atom. The number of nitrogens with two attached hydrogens (primary N) is 1. The van der Waals surface area contributed by atoms with Crippen LogP contribution in [0.2, 0.25) is 0 Å². The molecule has 6 heteroatoms. The number of halogens is 2. The van der Waals surface area contributed by atoms with Crippen molar-refractivity contribution < 1.29 is 13.5 Å². The first-order valence-corrected chi connectivity index (χ1v) is 5.75. The van der Waals surface area contributed by atoms with Crippen LogP contribution in [0.3, 0.4) is 0 Å². The van der Waals surface area contributed by atoms with Crippen molar-refractivity contribution in [3.63, 3.8) is 0 Å². The van der Waals surface area contributed by atoms with Gasteiger partial charge in [-0.3, -0.25) is 0 Å². The molecule has 0 bridgehead atoms. The Morgan fingerprint density at radius 2 is 1.89 bits per heavy atom. The van der Waals surface area contributed by atoms with Crippen LogP contribution in [0.15, 0.2) is 36.8 Å². The summed E-state index contributed by atoms with van der Waals surface area (Å²) in [5.41, 5.74) is 7.12. The largest absolute Gasteiger partial charge is 0.435 e. The Labute approximate surface area is 109 Å². The van der Waals surface area contributed by atoms with Gasteiger partial charge in [0, 0.05) is 5.69 Å². The number of benzene rings is 1. The average Bonchev–Trinajstić information content (AvgIpc) is 2.77. The van der Waals surface area contributed by atoms with Gasteiger partial charge in [0.15, 0.2) is 0 Å². The molecule has 0 aliphatic carbocycles. The lowest BCUT2D eigenvalue weighted by Crippen LogP contribution is -2.31. The summed E-state index contributed by atoms with van der Waals surface area (Å²) in [5.74, 6) is 0.118. The summed E-state index contributed by atoms with van der Waals surface area (Å²) in [6, 6.07) is 6.31. The molecule has 1 aromatic carbocycles. The van der Waals surface area contributed by atoms with Crippen LogP contribution in [0, 0.1) is 0 Å². The van der Waals surface area contributed by atoms with Crippen molar-refractivity contribution in [1.82, 2.24) is 9.55 Å². The minimum Gasteiger partial charge on any atom is -0.435 e. The second-order valence-corrected chi connectivity index (χ2v) is 4.74. The number of hydrogen-bond donors (Lipinski definition) is 1. The lowest BCUT2D eigenvalue weighted by molar-refractivity contribution is -0.0498. The van der Waals surface area contributed by atoms with Crippen molar-refractivity contribution in [2.45, 2.75) is 26.0 Å². The Hall–Kier alpha value is -1.95. The Bertz CT molecular complexity index is 544. The third kappa shape index (κ3) is 3.08. The Morgan fingerprint density at radius 3 is 2.42 bits per heavy atom. The third-order valence-electron chi connectivity index (χ3n) is 2.64. The van der Waals surface area contributed by atoms with Gasteiger partial charge in [-0.2, -0.15) is 8.78 Å². The van der Waals surface area contributed by atoms with Gasteiger partial charge in [-0.05, 0) is 38.1 Å². The van der Waals surface area contributed by atoms with E-state index in [1.54, 1.807) is 24.7 Å². The van der Waals surface area contributed by atoms with Crippen LogP contribution in [0.1, 0.15) is 19.5 Å². The van der Waals surface area contributed by atoms with Gasteiger partial charge in [0.2, 0.25) is 0 Å². The lowest BCUT2D eigenvalue weighted by atomic mass is 10.0. The average molecular weight is 267 g/mol. The number of nitrogens with zero attached hydrogens (tertiary/aromatic N) is 2. The highest BCUT2D eigenvalue weighted by Crippen LogP contribution is 2.22. The summed E-state index contributed by atoms with van der Waals surface area (Å²) >= 11 is 0. The Balaban J connectivity index is 2.31. The smallest absolute Gasteiger partial charge is 0.387 e. The van der Waals surface area contributed by atoms with Crippen LogP contribution in [0.5, 0.6) is 5.75 Å². The summed E-state index contributed by atoms with van der Waals surface area (Å²) in [6.45, 7) is 0.918. The van der Waals surface area contributed by atoms with E-state index in [0.717, 1.165) is 11.4 Å². The van der Waals surface area contributed by atoms with Gasteiger partial charge in [-0.15, -0.1) is 0 Å². The molecule has 0 radical (unpaired) electrons. The topological polar surface area (TPSA) is 53.1 Å². The number of aromatic nitrogens is 2. The summed E-state index contributed by atoms with van der Waals surface area (Å²) in [6.07, 6.45) is 3.32. The van der Waals surface area contributed by atoms with Gasteiger partial charge in [0.1, 0.15) is 5.75 Å². The number of imidazole rings is 1. The van der Waals surface area contributed by atoms with E-state index >= 15 is 0 Å². The molecule has 102 valence electrons. The van der Waals surface area contributed by atoms with E-state index in [9.17, 15) is 8.78 Å². The second-order valence-electron chi connectivity index (χ2n) is 4.74. The van der Waals surface area contributed by atoms with Crippen LogP contribution in [-0.2, 0) is 5.54 Å². The molecular formula is C13H15F2N3O. The van der Waals surface area contributed by atoms with E-state index in [1.807, 2.05) is 18.4 Å². The highest BCUT2D eigenvalue weighted by atomic mass is 19.3. The third-order valence-corrected chi connectivity index (χ3v) is 2.64. The highest BCUT2D eigenvalue weighted by molar-refractivity contribution is 5.39. The SMILES string of the molecule is CC(C)(N)c1cncn1-c1ccc(OC(F)F)cc1. The van der Waals surface area contributed by atoms with E-state index in [2.05, 4.69) is 9.72 Å². The molecule has 0 fully saturated rings. The van der Waals surface area contributed by atoms with E-state index in [4.69, 9.17) is 5.73 Å². The molecule has 0 saturated carbocycles. The Kier molecular flexibility index (Phi) is 3.53. The van der Waals surface area contributed by atoms with Crippen molar-refractivity contribution in [3.05, 3.63) is 42.5 Å². The molecule has 0 aliphatic rings. The summed E-state index contributed by atoms with van der Waals surface area (Å²) in [5, 5.41) is 0. The fourth-order valence-corrected chi connectivity index (χ4v) is 1.77. The molecule has 0 atom stereocenters. The van der Waals surface area contributed by atoms with Crippen LogP contribution < -0.4 is 10.5 Å². The van der Waals surface area contributed by atoms with Gasteiger partial charge in [0.25, 0.3) is 0 Å². The van der Waals surface area contributed by atoms with Crippen LogP contribution in [0.25, 0.3) is 5.69 Å². The molecule has 1 heterocycles. The normalized spacial score (nSPS) is 11.9. The molecule has 0 aliphatic heterocycles. The predicted molar refractivity (Wildman–Crippen MR) is 67.4 cm³/mol. The quantitative estimate of drug-likeness (QED) is 0.926. The molecule has 0 spiro atoms. The van der Waals surface area contributed by atoms with Gasteiger partial charge in [0.05, 0.1) is 23.8 Å². The molecule has 1 aromatic heterocycles. The number of rotatable bonds is 4. The van der Waals surface area contributed by atoms with Crippen molar-refractivity contribution >= 4 is 0 Å². The van der Waals surface area contributed by atoms with E-state index < -0.39 is 12.2 Å². The molecule has 2 N–H and O–H groups in total. The maximum atomic E-state index is 12.1. The number of hydrogen-bond acceptors (Lipinski definition) is 3. The molecule has 0 saturated heterocycles. The van der Waals surface area contributed by atoms with Gasteiger partial charge in [-0.1, -0.05) is 0 Å². The summed E-state index contributed by atoms with van der Waals surface area (Å²) < 4.78 is 30.2. The predicted octanol–water partition coefficient (Wildman–Crippen LogP) is 2.67. The first-order valence-electron chi connectivity index (χ1n) is 5.75. The monoisotopic (exact) mass is 267 g/mol. The molecule has 2 aromatic rings. The van der Waals surface area contributed by atoms with Crippen molar-refractivity contribution in [3.8, 4) is 11.4 Å². The fraction of sp³-hybridized carbons (Fsp3) is 0.308. The molecular weight excluding hydrogens is 252 g/mol. The summed E-state index contributed by atoms with van der Waals surface area (Å²) in [4.78, 5) is 4.07.